The fourth-order valence-corrected chi connectivity index (χ4v) is 2.49. The van der Waals surface area contributed by atoms with Crippen LogP contribution in [0.2, 0.25) is 0 Å². The highest BCUT2D eigenvalue weighted by atomic mass is 19.1. The van der Waals surface area contributed by atoms with Crippen molar-refractivity contribution in [1.29, 1.82) is 0 Å². The van der Waals surface area contributed by atoms with Gasteiger partial charge in [-0.3, -0.25) is 0 Å². The third kappa shape index (κ3) is 2.41. The van der Waals surface area contributed by atoms with Crippen molar-refractivity contribution < 1.29 is 9.13 Å². The highest BCUT2D eigenvalue weighted by Crippen LogP contribution is 2.36. The number of rotatable bonds is 3. The maximum Gasteiger partial charge on any atom is 0.123 e. The molecule has 1 heterocycles. The van der Waals surface area contributed by atoms with E-state index in [2.05, 4.69) is 11.4 Å². The van der Waals surface area contributed by atoms with Crippen LogP contribution in [0.15, 0.2) is 42.5 Å². The predicted octanol–water partition coefficient (Wildman–Crippen LogP) is 3.93. The largest absolute Gasteiger partial charge is 0.494 e. The first-order chi connectivity index (χ1) is 9.26. The lowest BCUT2D eigenvalue weighted by molar-refractivity contribution is 0.340. The summed E-state index contributed by atoms with van der Waals surface area (Å²) >= 11 is 0. The van der Waals surface area contributed by atoms with Crippen LogP contribution in [0.3, 0.4) is 0 Å². The molecule has 98 valence electrons. The Bertz CT molecular complexity index is 580. The lowest BCUT2D eigenvalue weighted by Gasteiger charge is -2.11. The summed E-state index contributed by atoms with van der Waals surface area (Å²) in [5.74, 6) is 0.709. The van der Waals surface area contributed by atoms with Gasteiger partial charge in [-0.1, -0.05) is 12.1 Å². The molecule has 0 spiro atoms. The average Bonchev–Trinajstić information content (AvgIpc) is 2.83. The van der Waals surface area contributed by atoms with E-state index in [0.29, 0.717) is 6.61 Å². The van der Waals surface area contributed by atoms with Gasteiger partial charge in [0.1, 0.15) is 11.6 Å². The molecular weight excluding hydrogens is 241 g/mol. The minimum Gasteiger partial charge on any atom is -0.494 e. The van der Waals surface area contributed by atoms with Crippen molar-refractivity contribution in [1.82, 2.24) is 0 Å². The average molecular weight is 257 g/mol. The van der Waals surface area contributed by atoms with E-state index in [4.69, 9.17) is 4.74 Å². The molecule has 0 saturated carbocycles. The normalized spacial score (nSPS) is 16.8. The Hall–Kier alpha value is -2.03. The topological polar surface area (TPSA) is 21.3 Å². The first-order valence-electron chi connectivity index (χ1n) is 6.54. The summed E-state index contributed by atoms with van der Waals surface area (Å²) < 4.78 is 18.4. The van der Waals surface area contributed by atoms with Crippen LogP contribution in [0.4, 0.5) is 10.1 Å². The van der Waals surface area contributed by atoms with Crippen LogP contribution in [0.25, 0.3) is 0 Å². The lowest BCUT2D eigenvalue weighted by atomic mass is 10.0. The Kier molecular flexibility index (Phi) is 3.11. The molecule has 0 aromatic heterocycles. The van der Waals surface area contributed by atoms with Gasteiger partial charge < -0.3 is 10.1 Å². The molecule has 1 aliphatic heterocycles. The third-order valence-corrected chi connectivity index (χ3v) is 3.41. The van der Waals surface area contributed by atoms with Crippen molar-refractivity contribution in [2.45, 2.75) is 19.4 Å². The molecular formula is C16H16FNO. The SMILES string of the molecule is CCOc1ccc2c(c1)CC(c1ccc(F)cc1)N2. The number of fused-ring (bicyclic) bond motifs is 1. The Morgan fingerprint density at radius 3 is 2.74 bits per heavy atom. The summed E-state index contributed by atoms with van der Waals surface area (Å²) in [5, 5.41) is 3.46. The summed E-state index contributed by atoms with van der Waals surface area (Å²) in [4.78, 5) is 0. The molecule has 1 N–H and O–H groups in total. The Morgan fingerprint density at radius 1 is 1.21 bits per heavy atom. The minimum absolute atomic E-state index is 0.196. The summed E-state index contributed by atoms with van der Waals surface area (Å²) in [6.45, 7) is 2.65. The smallest absolute Gasteiger partial charge is 0.123 e. The number of halogens is 1. The van der Waals surface area contributed by atoms with Crippen molar-refractivity contribution in [2.24, 2.45) is 0 Å². The molecule has 0 aliphatic carbocycles. The van der Waals surface area contributed by atoms with Crippen LogP contribution in [0, 0.1) is 5.82 Å². The van der Waals surface area contributed by atoms with E-state index in [1.54, 1.807) is 0 Å². The number of anilines is 1. The van der Waals surface area contributed by atoms with E-state index < -0.39 is 0 Å². The first kappa shape index (κ1) is 12.0. The van der Waals surface area contributed by atoms with E-state index in [1.807, 2.05) is 31.2 Å². The molecule has 1 aliphatic rings. The second kappa shape index (κ2) is 4.92. The van der Waals surface area contributed by atoms with Crippen molar-refractivity contribution in [3.8, 4) is 5.75 Å². The quantitative estimate of drug-likeness (QED) is 0.899. The molecule has 0 radical (unpaired) electrons. The van der Waals surface area contributed by atoms with Crippen LogP contribution in [-0.4, -0.2) is 6.61 Å². The number of ether oxygens (including phenoxy) is 1. The van der Waals surface area contributed by atoms with Crippen LogP contribution in [0.5, 0.6) is 5.75 Å². The minimum atomic E-state index is -0.196. The van der Waals surface area contributed by atoms with E-state index in [0.717, 1.165) is 23.4 Å². The maximum absolute atomic E-state index is 12.9. The fraction of sp³-hybridized carbons (Fsp3) is 0.250. The van der Waals surface area contributed by atoms with Crippen LogP contribution < -0.4 is 10.1 Å². The fourth-order valence-electron chi connectivity index (χ4n) is 2.49. The van der Waals surface area contributed by atoms with E-state index in [-0.39, 0.29) is 11.9 Å². The zero-order valence-corrected chi connectivity index (χ0v) is 10.8. The molecule has 2 aromatic rings. The summed E-state index contributed by atoms with van der Waals surface area (Å²) in [6.07, 6.45) is 0.905. The molecule has 1 atom stereocenters. The standard InChI is InChI=1S/C16H16FNO/c1-2-19-14-7-8-15-12(9-14)10-16(18-15)11-3-5-13(17)6-4-11/h3-9,16,18H,2,10H2,1H3. The van der Waals surface area contributed by atoms with E-state index in [1.165, 1.54) is 17.7 Å². The van der Waals surface area contributed by atoms with Gasteiger partial charge in [-0.25, -0.2) is 4.39 Å². The molecule has 2 aromatic carbocycles. The number of hydrogen-bond donors (Lipinski definition) is 1. The van der Waals surface area contributed by atoms with Crippen molar-refractivity contribution in [3.63, 3.8) is 0 Å². The summed E-state index contributed by atoms with van der Waals surface area (Å²) in [5.41, 5.74) is 3.49. The molecule has 3 rings (SSSR count). The molecule has 0 saturated heterocycles. The van der Waals surface area contributed by atoms with E-state index >= 15 is 0 Å². The zero-order chi connectivity index (χ0) is 13.2. The maximum atomic E-state index is 12.9. The van der Waals surface area contributed by atoms with Gasteiger partial charge in [-0.2, -0.15) is 0 Å². The molecule has 1 unspecified atom stereocenters. The highest BCUT2D eigenvalue weighted by Gasteiger charge is 2.22. The lowest BCUT2D eigenvalue weighted by Crippen LogP contribution is -2.05. The Labute approximate surface area is 112 Å². The van der Waals surface area contributed by atoms with E-state index in [9.17, 15) is 4.39 Å². The highest BCUT2D eigenvalue weighted by molar-refractivity contribution is 5.60. The van der Waals surface area contributed by atoms with Crippen molar-refractivity contribution in [2.75, 3.05) is 11.9 Å². The van der Waals surface area contributed by atoms with Crippen molar-refractivity contribution in [3.05, 3.63) is 59.4 Å². The van der Waals surface area contributed by atoms with Gasteiger partial charge in [0.15, 0.2) is 0 Å². The summed E-state index contributed by atoms with van der Waals surface area (Å²) in [7, 11) is 0. The van der Waals surface area contributed by atoms with Gasteiger partial charge in [-0.05, 0) is 54.8 Å². The van der Waals surface area contributed by atoms with Gasteiger partial charge in [-0.15, -0.1) is 0 Å². The van der Waals surface area contributed by atoms with Gasteiger partial charge in [0, 0.05) is 5.69 Å². The second-order valence-electron chi connectivity index (χ2n) is 4.70. The molecule has 0 bridgehead atoms. The molecule has 3 heteroatoms. The summed E-state index contributed by atoms with van der Waals surface area (Å²) in [6, 6.07) is 13.0. The van der Waals surface area contributed by atoms with Gasteiger partial charge >= 0.3 is 0 Å². The van der Waals surface area contributed by atoms with Gasteiger partial charge in [0.05, 0.1) is 12.6 Å². The molecule has 19 heavy (non-hydrogen) atoms. The van der Waals surface area contributed by atoms with Crippen LogP contribution >= 0.6 is 0 Å². The number of nitrogens with one attached hydrogen (secondary N) is 1. The third-order valence-electron chi connectivity index (χ3n) is 3.41. The van der Waals surface area contributed by atoms with Crippen LogP contribution in [0.1, 0.15) is 24.1 Å². The molecule has 0 amide bonds. The number of benzene rings is 2. The zero-order valence-electron chi connectivity index (χ0n) is 10.8. The number of hydrogen-bond acceptors (Lipinski definition) is 2. The van der Waals surface area contributed by atoms with Gasteiger partial charge in [0.2, 0.25) is 0 Å². The van der Waals surface area contributed by atoms with Gasteiger partial charge in [0.25, 0.3) is 0 Å². The van der Waals surface area contributed by atoms with Crippen molar-refractivity contribution >= 4 is 5.69 Å². The monoisotopic (exact) mass is 257 g/mol. The van der Waals surface area contributed by atoms with Crippen LogP contribution in [-0.2, 0) is 6.42 Å². The Morgan fingerprint density at radius 2 is 2.00 bits per heavy atom. The first-order valence-corrected chi connectivity index (χ1v) is 6.54. The predicted molar refractivity (Wildman–Crippen MR) is 74.1 cm³/mol. The second-order valence-corrected chi connectivity index (χ2v) is 4.70. The Balaban J connectivity index is 1.81. The molecule has 2 nitrogen and oxygen atoms in total. The molecule has 0 fully saturated rings.